The quantitative estimate of drug-likeness (QED) is 0.705. The highest BCUT2D eigenvalue weighted by Gasteiger charge is 2.36. The van der Waals surface area contributed by atoms with E-state index in [0.717, 1.165) is 11.6 Å². The van der Waals surface area contributed by atoms with Gasteiger partial charge in [0, 0.05) is 31.3 Å². The highest BCUT2D eigenvalue weighted by molar-refractivity contribution is 6.00. The molecule has 164 valence electrons. The van der Waals surface area contributed by atoms with Gasteiger partial charge in [0.15, 0.2) is 0 Å². The zero-order valence-electron chi connectivity index (χ0n) is 17.3. The lowest BCUT2D eigenvalue weighted by Gasteiger charge is -2.17. The van der Waals surface area contributed by atoms with Gasteiger partial charge in [0.2, 0.25) is 17.7 Å². The van der Waals surface area contributed by atoms with E-state index in [-0.39, 0.29) is 43.6 Å². The van der Waals surface area contributed by atoms with Gasteiger partial charge in [-0.05, 0) is 43.9 Å². The maximum absolute atomic E-state index is 14.0. The number of nitrogens with one attached hydrogen (secondary N) is 2. The van der Waals surface area contributed by atoms with Crippen molar-refractivity contribution in [2.24, 2.45) is 5.92 Å². The van der Waals surface area contributed by atoms with E-state index in [1.54, 1.807) is 37.2 Å². The molecule has 9 heteroatoms. The largest absolute Gasteiger partial charge is 0.352 e. The van der Waals surface area contributed by atoms with Gasteiger partial charge in [0.05, 0.1) is 18.2 Å². The number of benzene rings is 2. The number of likely N-dealkylation sites (N-methyl/N-ethyl adjacent to an activating group) is 1. The third-order valence-electron chi connectivity index (χ3n) is 4.83. The summed E-state index contributed by atoms with van der Waals surface area (Å²) in [6.07, 6.45) is -0.0523. The molecular weight excluding hydrogens is 406 g/mol. The molecule has 0 bridgehead atoms. The Hall–Kier alpha value is -3.33. The number of carbonyl (C=O) groups excluding carboxylic acids is 3. The average molecular weight is 430 g/mol. The molecule has 0 spiro atoms. The van der Waals surface area contributed by atoms with Crippen molar-refractivity contribution in [2.75, 3.05) is 37.4 Å². The third kappa shape index (κ3) is 5.85. The molecule has 1 atom stereocenters. The van der Waals surface area contributed by atoms with Crippen LogP contribution in [0, 0.1) is 17.6 Å². The first-order valence-electron chi connectivity index (χ1n) is 9.79. The van der Waals surface area contributed by atoms with E-state index < -0.39 is 23.5 Å². The van der Waals surface area contributed by atoms with Gasteiger partial charge in [0.1, 0.15) is 11.6 Å². The van der Waals surface area contributed by atoms with Crippen molar-refractivity contribution >= 4 is 29.1 Å². The average Bonchev–Trinajstić information content (AvgIpc) is 3.07. The molecule has 0 aliphatic carbocycles. The predicted octanol–water partition coefficient (Wildman–Crippen LogP) is 2.13. The van der Waals surface area contributed by atoms with Crippen LogP contribution in [0.15, 0.2) is 42.5 Å². The first-order valence-corrected chi connectivity index (χ1v) is 9.79. The summed E-state index contributed by atoms with van der Waals surface area (Å²) in [4.78, 5) is 39.6. The second-order valence-electron chi connectivity index (χ2n) is 7.71. The van der Waals surface area contributed by atoms with Crippen LogP contribution in [0.1, 0.15) is 12.0 Å². The number of hydrogen-bond donors (Lipinski definition) is 2. The fourth-order valence-electron chi connectivity index (χ4n) is 3.40. The lowest BCUT2D eigenvalue weighted by molar-refractivity contribution is -0.126. The second kappa shape index (κ2) is 9.65. The van der Waals surface area contributed by atoms with E-state index >= 15 is 0 Å². The Bertz CT molecular complexity index is 996. The van der Waals surface area contributed by atoms with Gasteiger partial charge in [-0.2, -0.15) is 0 Å². The van der Waals surface area contributed by atoms with Crippen molar-refractivity contribution in [1.82, 2.24) is 10.2 Å². The van der Waals surface area contributed by atoms with E-state index in [1.807, 2.05) is 6.07 Å². The molecule has 2 aromatic rings. The van der Waals surface area contributed by atoms with Crippen LogP contribution < -0.4 is 15.5 Å². The van der Waals surface area contributed by atoms with E-state index in [9.17, 15) is 23.2 Å². The highest BCUT2D eigenvalue weighted by Crippen LogP contribution is 2.28. The number of halogens is 2. The Morgan fingerprint density at radius 1 is 1.16 bits per heavy atom. The summed E-state index contributed by atoms with van der Waals surface area (Å²) in [5, 5.41) is 5.57. The van der Waals surface area contributed by atoms with Crippen molar-refractivity contribution in [3.63, 3.8) is 0 Å². The summed E-state index contributed by atoms with van der Waals surface area (Å²) in [5.41, 5.74) is 1.36. The van der Waals surface area contributed by atoms with E-state index in [4.69, 9.17) is 0 Å². The van der Waals surface area contributed by atoms with Crippen molar-refractivity contribution in [3.05, 3.63) is 59.7 Å². The fourth-order valence-corrected chi connectivity index (χ4v) is 3.40. The molecule has 7 nitrogen and oxygen atoms in total. The number of rotatable bonds is 7. The molecule has 1 heterocycles. The number of hydrogen-bond acceptors (Lipinski definition) is 4. The topological polar surface area (TPSA) is 81.8 Å². The van der Waals surface area contributed by atoms with Gasteiger partial charge >= 0.3 is 0 Å². The summed E-state index contributed by atoms with van der Waals surface area (Å²) < 4.78 is 27.1. The molecule has 1 unspecified atom stereocenters. The number of amides is 3. The number of anilines is 2. The smallest absolute Gasteiger partial charge is 0.238 e. The maximum Gasteiger partial charge on any atom is 0.238 e. The molecule has 2 aromatic carbocycles. The molecule has 0 saturated carbocycles. The standard InChI is InChI=1S/C22H24F2N4O3/c1-27(2)13-20(29)26-17-5-3-4-14(8-17)11-25-22(31)15-9-21(30)28(12-15)19-7-6-16(23)10-18(19)24/h3-8,10,15H,9,11-13H2,1-2H3,(H,25,31)(H,26,29). The van der Waals surface area contributed by atoms with Crippen LogP contribution in [0.2, 0.25) is 0 Å². The molecule has 2 N–H and O–H groups in total. The molecule has 1 aliphatic heterocycles. The SMILES string of the molecule is CN(C)CC(=O)Nc1cccc(CNC(=O)C2CC(=O)N(c3ccc(F)cc3F)C2)c1. The Kier molecular flexibility index (Phi) is 6.96. The van der Waals surface area contributed by atoms with Crippen molar-refractivity contribution in [1.29, 1.82) is 0 Å². The Morgan fingerprint density at radius 3 is 2.65 bits per heavy atom. The van der Waals surface area contributed by atoms with E-state index in [2.05, 4.69) is 10.6 Å². The summed E-state index contributed by atoms with van der Waals surface area (Å²) in [5.74, 6) is -3.09. The Labute approximate surface area is 179 Å². The van der Waals surface area contributed by atoms with Gasteiger partial charge in [-0.15, -0.1) is 0 Å². The molecule has 0 aromatic heterocycles. The van der Waals surface area contributed by atoms with Crippen LogP contribution in [0.3, 0.4) is 0 Å². The monoisotopic (exact) mass is 430 g/mol. The van der Waals surface area contributed by atoms with Crippen LogP contribution >= 0.6 is 0 Å². The zero-order valence-corrected chi connectivity index (χ0v) is 17.3. The number of nitrogens with zero attached hydrogens (tertiary/aromatic N) is 2. The van der Waals surface area contributed by atoms with Crippen LogP contribution in [-0.4, -0.2) is 49.8 Å². The maximum atomic E-state index is 14.0. The first kappa shape index (κ1) is 22.4. The first-order chi connectivity index (χ1) is 14.7. The summed E-state index contributed by atoms with van der Waals surface area (Å²) >= 11 is 0. The summed E-state index contributed by atoms with van der Waals surface area (Å²) in [6, 6.07) is 10.1. The minimum absolute atomic E-state index is 0.0217. The molecule has 1 fully saturated rings. The summed E-state index contributed by atoms with van der Waals surface area (Å²) in [7, 11) is 3.59. The van der Waals surface area contributed by atoms with Gasteiger partial charge in [-0.1, -0.05) is 12.1 Å². The Balaban J connectivity index is 1.57. The van der Waals surface area contributed by atoms with Crippen molar-refractivity contribution in [2.45, 2.75) is 13.0 Å². The fraction of sp³-hybridized carbons (Fsp3) is 0.318. The minimum atomic E-state index is -0.845. The van der Waals surface area contributed by atoms with Gasteiger partial charge in [-0.25, -0.2) is 8.78 Å². The normalized spacial score (nSPS) is 16.0. The lowest BCUT2D eigenvalue weighted by Crippen LogP contribution is -2.33. The van der Waals surface area contributed by atoms with Crippen LogP contribution in [0.5, 0.6) is 0 Å². The summed E-state index contributed by atoms with van der Waals surface area (Å²) in [6.45, 7) is 0.488. The van der Waals surface area contributed by atoms with Crippen LogP contribution in [0.25, 0.3) is 0 Å². The molecule has 3 amide bonds. The van der Waals surface area contributed by atoms with Gasteiger partial charge in [0.25, 0.3) is 0 Å². The minimum Gasteiger partial charge on any atom is -0.352 e. The number of carbonyl (C=O) groups is 3. The lowest BCUT2D eigenvalue weighted by atomic mass is 10.1. The molecular formula is C22H24F2N4O3. The highest BCUT2D eigenvalue weighted by atomic mass is 19.1. The third-order valence-corrected chi connectivity index (χ3v) is 4.83. The van der Waals surface area contributed by atoms with Crippen molar-refractivity contribution in [3.8, 4) is 0 Å². The molecule has 31 heavy (non-hydrogen) atoms. The van der Waals surface area contributed by atoms with E-state index in [0.29, 0.717) is 11.8 Å². The van der Waals surface area contributed by atoms with Crippen LogP contribution in [0.4, 0.5) is 20.2 Å². The molecule has 1 saturated heterocycles. The van der Waals surface area contributed by atoms with Gasteiger partial charge < -0.3 is 20.4 Å². The molecule has 0 radical (unpaired) electrons. The molecule has 3 rings (SSSR count). The van der Waals surface area contributed by atoms with Gasteiger partial charge in [-0.3, -0.25) is 14.4 Å². The predicted molar refractivity (Wildman–Crippen MR) is 112 cm³/mol. The Morgan fingerprint density at radius 2 is 1.94 bits per heavy atom. The zero-order chi connectivity index (χ0) is 22.5. The van der Waals surface area contributed by atoms with E-state index in [1.165, 1.54) is 11.0 Å². The molecule has 1 aliphatic rings. The second-order valence-corrected chi connectivity index (χ2v) is 7.71. The van der Waals surface area contributed by atoms with Crippen molar-refractivity contribution < 1.29 is 23.2 Å². The van der Waals surface area contributed by atoms with Crippen LogP contribution in [-0.2, 0) is 20.9 Å².